The second-order valence-corrected chi connectivity index (χ2v) is 9.71. The molecule has 1 aromatic heterocycles. The smallest absolute Gasteiger partial charge is 0.255 e. The van der Waals surface area contributed by atoms with Gasteiger partial charge in [0.15, 0.2) is 11.5 Å². The van der Waals surface area contributed by atoms with Crippen molar-refractivity contribution >= 4 is 52.3 Å². The number of nitrogens with zero attached hydrogens (tertiary/aromatic N) is 3. The zero-order chi connectivity index (χ0) is 26.8. The van der Waals surface area contributed by atoms with E-state index in [1.54, 1.807) is 60.3 Å². The van der Waals surface area contributed by atoms with Crippen LogP contribution in [0.2, 0.25) is 15.1 Å². The van der Waals surface area contributed by atoms with Gasteiger partial charge in [-0.2, -0.15) is 10.1 Å². The average molecular weight is 571 g/mol. The number of carbonyl (C=O) groups is 1. The van der Waals surface area contributed by atoms with E-state index >= 15 is 0 Å². The molecule has 1 atom stereocenters. The van der Waals surface area contributed by atoms with E-state index in [1.165, 1.54) is 6.33 Å². The standard InChI is InChI=1S/C27H22Cl3N5O3/c1-15-24(26(36)34-18-9-7-17(28)8-10-18)25(35-27(33-15)31-14-32-35)16-6-11-22(23(12-16)37-2)38-13-19-20(29)4-3-5-21(19)30/h3-12,14,25H,13H2,1-2H3,(H,34,36)(H,31,32,33)/t25-/m1/s1. The van der Waals surface area contributed by atoms with Crippen LogP contribution in [0.3, 0.4) is 0 Å². The van der Waals surface area contributed by atoms with Crippen molar-refractivity contribution in [2.75, 3.05) is 17.7 Å². The first-order valence-electron chi connectivity index (χ1n) is 11.5. The van der Waals surface area contributed by atoms with E-state index in [-0.39, 0.29) is 12.5 Å². The number of hydrogen-bond acceptors (Lipinski definition) is 6. The van der Waals surface area contributed by atoms with Crippen LogP contribution in [0, 0.1) is 0 Å². The molecule has 4 aromatic rings. The van der Waals surface area contributed by atoms with Crippen molar-refractivity contribution in [2.24, 2.45) is 0 Å². The highest BCUT2D eigenvalue weighted by Crippen LogP contribution is 2.39. The van der Waals surface area contributed by atoms with E-state index in [0.717, 1.165) is 5.56 Å². The summed E-state index contributed by atoms with van der Waals surface area (Å²) in [5.74, 6) is 1.19. The molecule has 5 rings (SSSR count). The van der Waals surface area contributed by atoms with E-state index in [4.69, 9.17) is 44.3 Å². The number of ether oxygens (including phenoxy) is 2. The molecule has 194 valence electrons. The van der Waals surface area contributed by atoms with E-state index in [2.05, 4.69) is 20.7 Å². The number of anilines is 2. The number of hydrogen-bond donors (Lipinski definition) is 2. The minimum atomic E-state index is -0.581. The summed E-state index contributed by atoms with van der Waals surface area (Å²) < 4.78 is 13.3. The second kappa shape index (κ2) is 10.9. The minimum Gasteiger partial charge on any atom is -0.493 e. The van der Waals surface area contributed by atoms with Crippen LogP contribution in [-0.4, -0.2) is 27.8 Å². The molecule has 2 heterocycles. The molecule has 0 spiro atoms. The molecule has 0 fully saturated rings. The first-order valence-corrected chi connectivity index (χ1v) is 12.7. The normalized spacial score (nSPS) is 14.5. The largest absolute Gasteiger partial charge is 0.493 e. The van der Waals surface area contributed by atoms with Crippen LogP contribution in [0.1, 0.15) is 24.1 Å². The third kappa shape index (κ3) is 5.15. The summed E-state index contributed by atoms with van der Waals surface area (Å²) in [6.45, 7) is 1.98. The third-order valence-corrected chi connectivity index (χ3v) is 7.04. The van der Waals surface area contributed by atoms with Crippen molar-refractivity contribution in [1.82, 2.24) is 14.8 Å². The Morgan fingerprint density at radius 2 is 1.79 bits per heavy atom. The highest BCUT2D eigenvalue weighted by atomic mass is 35.5. The number of aromatic nitrogens is 3. The number of amides is 1. The Kier molecular flexibility index (Phi) is 7.46. The van der Waals surface area contributed by atoms with Gasteiger partial charge in [-0.1, -0.05) is 46.9 Å². The van der Waals surface area contributed by atoms with Gasteiger partial charge in [0, 0.05) is 32.0 Å². The Morgan fingerprint density at radius 1 is 1.05 bits per heavy atom. The number of halogens is 3. The van der Waals surface area contributed by atoms with Crippen LogP contribution in [0.4, 0.5) is 11.6 Å². The van der Waals surface area contributed by atoms with Crippen molar-refractivity contribution in [3.8, 4) is 11.5 Å². The molecule has 1 aliphatic rings. The molecule has 0 bridgehead atoms. The number of carbonyl (C=O) groups excluding carboxylic acids is 1. The summed E-state index contributed by atoms with van der Waals surface area (Å²) in [7, 11) is 1.55. The van der Waals surface area contributed by atoms with Crippen LogP contribution in [0.25, 0.3) is 0 Å². The molecule has 1 amide bonds. The van der Waals surface area contributed by atoms with Gasteiger partial charge >= 0.3 is 0 Å². The van der Waals surface area contributed by atoms with Crippen LogP contribution >= 0.6 is 34.8 Å². The maximum atomic E-state index is 13.5. The maximum absolute atomic E-state index is 13.5. The molecule has 2 N–H and O–H groups in total. The van der Waals surface area contributed by atoms with Gasteiger partial charge < -0.3 is 20.1 Å². The van der Waals surface area contributed by atoms with Gasteiger partial charge in [0.2, 0.25) is 5.95 Å². The van der Waals surface area contributed by atoms with Gasteiger partial charge in [-0.25, -0.2) is 4.68 Å². The molecule has 0 saturated heterocycles. The lowest BCUT2D eigenvalue weighted by molar-refractivity contribution is -0.113. The van der Waals surface area contributed by atoms with Gasteiger partial charge in [-0.3, -0.25) is 4.79 Å². The Labute approximate surface area is 234 Å². The average Bonchev–Trinajstić information content (AvgIpc) is 3.37. The SMILES string of the molecule is COc1cc([C@@H]2C(C(=O)Nc3ccc(Cl)cc3)=C(C)Nc3ncnn32)ccc1OCc1c(Cl)cccc1Cl. The molecular formula is C27H22Cl3N5O3. The van der Waals surface area contributed by atoms with Crippen molar-refractivity contribution in [3.63, 3.8) is 0 Å². The number of nitrogens with one attached hydrogen (secondary N) is 2. The van der Waals surface area contributed by atoms with E-state index < -0.39 is 6.04 Å². The predicted molar refractivity (Wildman–Crippen MR) is 148 cm³/mol. The molecular weight excluding hydrogens is 549 g/mol. The summed E-state index contributed by atoms with van der Waals surface area (Å²) in [5.41, 5.74) is 3.15. The number of methoxy groups -OCH3 is 1. The third-order valence-electron chi connectivity index (χ3n) is 6.08. The number of benzene rings is 3. The lowest BCUT2D eigenvalue weighted by atomic mass is 9.94. The Morgan fingerprint density at radius 3 is 2.50 bits per heavy atom. The number of rotatable bonds is 7. The molecule has 0 aliphatic carbocycles. The minimum absolute atomic E-state index is 0.155. The second-order valence-electron chi connectivity index (χ2n) is 8.45. The molecule has 11 heteroatoms. The molecule has 0 unspecified atom stereocenters. The predicted octanol–water partition coefficient (Wildman–Crippen LogP) is 6.75. The van der Waals surface area contributed by atoms with E-state index in [1.807, 2.05) is 19.1 Å². The molecule has 0 radical (unpaired) electrons. The Balaban J connectivity index is 1.48. The van der Waals surface area contributed by atoms with Crippen LogP contribution in [-0.2, 0) is 11.4 Å². The molecule has 1 aliphatic heterocycles. The molecule has 3 aromatic carbocycles. The maximum Gasteiger partial charge on any atom is 0.255 e. The zero-order valence-corrected chi connectivity index (χ0v) is 22.6. The van der Waals surface area contributed by atoms with E-state index in [0.29, 0.717) is 55.0 Å². The zero-order valence-electron chi connectivity index (χ0n) is 20.3. The van der Waals surface area contributed by atoms with Crippen LogP contribution in [0.5, 0.6) is 11.5 Å². The summed E-state index contributed by atoms with van der Waals surface area (Å²) in [5, 5.41) is 12.1. The summed E-state index contributed by atoms with van der Waals surface area (Å²) in [6.07, 6.45) is 1.44. The van der Waals surface area contributed by atoms with Crippen LogP contribution < -0.4 is 20.1 Å². The first kappa shape index (κ1) is 25.9. The monoisotopic (exact) mass is 569 g/mol. The van der Waals surface area contributed by atoms with Crippen molar-refractivity contribution < 1.29 is 14.3 Å². The number of fused-ring (bicyclic) bond motifs is 1. The van der Waals surface area contributed by atoms with Gasteiger partial charge in [-0.05, 0) is 61.0 Å². The fourth-order valence-corrected chi connectivity index (χ4v) is 4.85. The van der Waals surface area contributed by atoms with Gasteiger partial charge in [0.1, 0.15) is 19.0 Å². The molecule has 38 heavy (non-hydrogen) atoms. The van der Waals surface area contributed by atoms with Gasteiger partial charge in [0.05, 0.1) is 12.7 Å². The van der Waals surface area contributed by atoms with Gasteiger partial charge in [0.25, 0.3) is 5.91 Å². The fourth-order valence-electron chi connectivity index (χ4n) is 4.22. The lowest BCUT2D eigenvalue weighted by Crippen LogP contribution is -2.31. The molecule has 8 nitrogen and oxygen atoms in total. The summed E-state index contributed by atoms with van der Waals surface area (Å²) >= 11 is 18.6. The first-order chi connectivity index (χ1) is 18.4. The fraction of sp³-hybridized carbons (Fsp3) is 0.148. The highest BCUT2D eigenvalue weighted by molar-refractivity contribution is 6.36. The van der Waals surface area contributed by atoms with Gasteiger partial charge in [-0.15, -0.1) is 0 Å². The number of allylic oxidation sites excluding steroid dienone is 1. The highest BCUT2D eigenvalue weighted by Gasteiger charge is 2.34. The van der Waals surface area contributed by atoms with Crippen LogP contribution in [0.15, 0.2) is 78.3 Å². The summed E-state index contributed by atoms with van der Waals surface area (Å²) in [6, 6.07) is 17.1. The molecule has 0 saturated carbocycles. The Bertz CT molecular complexity index is 1520. The van der Waals surface area contributed by atoms with Crippen molar-refractivity contribution in [1.29, 1.82) is 0 Å². The topological polar surface area (TPSA) is 90.3 Å². The summed E-state index contributed by atoms with van der Waals surface area (Å²) in [4.78, 5) is 17.8. The van der Waals surface area contributed by atoms with Crippen molar-refractivity contribution in [2.45, 2.75) is 19.6 Å². The van der Waals surface area contributed by atoms with Crippen molar-refractivity contribution in [3.05, 3.63) is 104 Å². The quantitative estimate of drug-likeness (QED) is 0.255. The Hall–Kier alpha value is -3.72. The lowest BCUT2D eigenvalue weighted by Gasteiger charge is -2.29. The van der Waals surface area contributed by atoms with E-state index in [9.17, 15) is 4.79 Å².